The van der Waals surface area contributed by atoms with E-state index in [1.165, 1.54) is 0 Å². The molecule has 1 aromatic heterocycles. The number of nitrogens with zero attached hydrogens (tertiary/aromatic N) is 2. The van der Waals surface area contributed by atoms with Gasteiger partial charge in [-0.3, -0.25) is 4.79 Å². The number of ether oxygens (including phenoxy) is 1. The van der Waals surface area contributed by atoms with E-state index in [1.54, 1.807) is 17.7 Å². The van der Waals surface area contributed by atoms with Gasteiger partial charge in [0.2, 0.25) is 0 Å². The Labute approximate surface area is 147 Å². The standard InChI is InChI=1S/C18H24ClN3O2/c1-6-13(7-2)22-10-12(4)20-17(18(22)23)21-16-11(3)8-14(24-5)9-15(16)19/h8-10,13H,6-7H2,1-5H3,(H,20,21). The van der Waals surface area contributed by atoms with E-state index in [0.717, 1.165) is 24.1 Å². The zero-order valence-electron chi connectivity index (χ0n) is 14.8. The molecule has 0 aliphatic heterocycles. The third-order valence-electron chi connectivity index (χ3n) is 4.13. The van der Waals surface area contributed by atoms with Crippen LogP contribution >= 0.6 is 11.6 Å². The molecule has 0 aliphatic rings. The average molecular weight is 350 g/mol. The monoisotopic (exact) mass is 349 g/mol. The first-order valence-electron chi connectivity index (χ1n) is 8.12. The minimum absolute atomic E-state index is 0.138. The van der Waals surface area contributed by atoms with Crippen LogP contribution in [0.25, 0.3) is 0 Å². The molecule has 24 heavy (non-hydrogen) atoms. The molecule has 0 saturated carbocycles. The Morgan fingerprint density at radius 3 is 2.50 bits per heavy atom. The summed E-state index contributed by atoms with van der Waals surface area (Å²) in [5, 5.41) is 3.60. The molecule has 2 aromatic rings. The van der Waals surface area contributed by atoms with Crippen LogP contribution in [-0.2, 0) is 0 Å². The van der Waals surface area contributed by atoms with Crippen molar-refractivity contribution in [1.29, 1.82) is 0 Å². The second kappa shape index (κ2) is 7.71. The van der Waals surface area contributed by atoms with Crippen LogP contribution in [0.4, 0.5) is 11.5 Å². The molecule has 2 rings (SSSR count). The van der Waals surface area contributed by atoms with E-state index in [4.69, 9.17) is 16.3 Å². The van der Waals surface area contributed by atoms with Crippen LogP contribution in [0, 0.1) is 13.8 Å². The van der Waals surface area contributed by atoms with Crippen LogP contribution in [0.15, 0.2) is 23.1 Å². The largest absolute Gasteiger partial charge is 0.497 e. The number of aromatic nitrogens is 2. The van der Waals surface area contributed by atoms with Gasteiger partial charge in [0, 0.05) is 18.3 Å². The molecule has 6 heteroatoms. The lowest BCUT2D eigenvalue weighted by Crippen LogP contribution is -2.27. The van der Waals surface area contributed by atoms with Crippen LogP contribution < -0.4 is 15.6 Å². The van der Waals surface area contributed by atoms with Crippen molar-refractivity contribution in [2.45, 2.75) is 46.6 Å². The zero-order valence-corrected chi connectivity index (χ0v) is 15.6. The maximum absolute atomic E-state index is 12.8. The van der Waals surface area contributed by atoms with Gasteiger partial charge in [-0.2, -0.15) is 0 Å². The average Bonchev–Trinajstić information content (AvgIpc) is 2.55. The van der Waals surface area contributed by atoms with Gasteiger partial charge in [-0.1, -0.05) is 25.4 Å². The SMILES string of the molecule is CCC(CC)n1cc(C)nc(Nc2c(C)cc(OC)cc2Cl)c1=O. The normalized spacial score (nSPS) is 11.0. The minimum atomic E-state index is -0.138. The molecule has 5 nitrogen and oxygen atoms in total. The summed E-state index contributed by atoms with van der Waals surface area (Å²) in [6.45, 7) is 7.94. The number of methoxy groups -OCH3 is 1. The van der Waals surface area contributed by atoms with Gasteiger partial charge in [0.1, 0.15) is 5.75 Å². The molecule has 0 bridgehead atoms. The lowest BCUT2D eigenvalue weighted by molar-refractivity contribution is 0.414. The van der Waals surface area contributed by atoms with Crippen molar-refractivity contribution in [2.75, 3.05) is 12.4 Å². The molecule has 0 radical (unpaired) electrons. The Kier molecular flexibility index (Phi) is 5.89. The molecular weight excluding hydrogens is 326 g/mol. The van der Waals surface area contributed by atoms with Gasteiger partial charge in [0.15, 0.2) is 5.82 Å². The maximum Gasteiger partial charge on any atom is 0.293 e. The predicted octanol–water partition coefficient (Wildman–Crippen LogP) is 4.63. The highest BCUT2D eigenvalue weighted by Gasteiger charge is 2.15. The first-order chi connectivity index (χ1) is 11.4. The number of halogens is 1. The van der Waals surface area contributed by atoms with E-state index in [2.05, 4.69) is 24.1 Å². The van der Waals surface area contributed by atoms with Crippen molar-refractivity contribution >= 4 is 23.1 Å². The highest BCUT2D eigenvalue weighted by molar-refractivity contribution is 6.33. The van der Waals surface area contributed by atoms with E-state index < -0.39 is 0 Å². The Hall–Kier alpha value is -2.01. The topological polar surface area (TPSA) is 56.1 Å². The molecule has 1 N–H and O–H groups in total. The smallest absolute Gasteiger partial charge is 0.293 e. The highest BCUT2D eigenvalue weighted by Crippen LogP contribution is 2.32. The highest BCUT2D eigenvalue weighted by atomic mass is 35.5. The number of hydrogen-bond donors (Lipinski definition) is 1. The molecule has 0 spiro atoms. The third-order valence-corrected chi connectivity index (χ3v) is 4.43. The van der Waals surface area contributed by atoms with Gasteiger partial charge in [-0.15, -0.1) is 0 Å². The number of nitrogens with one attached hydrogen (secondary N) is 1. The number of benzene rings is 1. The number of hydrogen-bond acceptors (Lipinski definition) is 4. The Morgan fingerprint density at radius 1 is 1.29 bits per heavy atom. The van der Waals surface area contributed by atoms with Gasteiger partial charge in [0.25, 0.3) is 5.56 Å². The van der Waals surface area contributed by atoms with Gasteiger partial charge in [0.05, 0.1) is 23.5 Å². The Morgan fingerprint density at radius 2 is 1.96 bits per heavy atom. The van der Waals surface area contributed by atoms with Gasteiger partial charge in [-0.25, -0.2) is 4.98 Å². The summed E-state index contributed by atoms with van der Waals surface area (Å²) in [4.78, 5) is 17.2. The van der Waals surface area contributed by atoms with E-state index >= 15 is 0 Å². The molecule has 0 aliphatic carbocycles. The van der Waals surface area contributed by atoms with Crippen LogP contribution in [0.2, 0.25) is 5.02 Å². The summed E-state index contributed by atoms with van der Waals surface area (Å²) >= 11 is 6.33. The molecule has 0 unspecified atom stereocenters. The fourth-order valence-corrected chi connectivity index (χ4v) is 3.08. The summed E-state index contributed by atoms with van der Waals surface area (Å²) in [7, 11) is 1.59. The molecule has 0 amide bonds. The van der Waals surface area contributed by atoms with E-state index in [1.807, 2.05) is 26.1 Å². The summed E-state index contributed by atoms with van der Waals surface area (Å²) in [5.41, 5.74) is 2.20. The van der Waals surface area contributed by atoms with Gasteiger partial charge >= 0.3 is 0 Å². The predicted molar refractivity (Wildman–Crippen MR) is 98.9 cm³/mol. The molecule has 0 saturated heterocycles. The lowest BCUT2D eigenvalue weighted by Gasteiger charge is -2.19. The second-order valence-electron chi connectivity index (χ2n) is 5.84. The van der Waals surface area contributed by atoms with Crippen LogP contribution in [0.5, 0.6) is 5.75 Å². The Bertz CT molecular complexity index is 759. The zero-order chi connectivity index (χ0) is 17.9. The number of aryl methyl sites for hydroxylation is 2. The van der Waals surface area contributed by atoms with E-state index in [-0.39, 0.29) is 17.4 Å². The van der Waals surface area contributed by atoms with E-state index in [9.17, 15) is 4.79 Å². The molecule has 1 heterocycles. The molecule has 0 atom stereocenters. The lowest BCUT2D eigenvalue weighted by atomic mass is 10.1. The fraction of sp³-hybridized carbons (Fsp3) is 0.444. The molecule has 130 valence electrons. The van der Waals surface area contributed by atoms with Crippen molar-refractivity contribution in [3.63, 3.8) is 0 Å². The van der Waals surface area contributed by atoms with Crippen molar-refractivity contribution in [3.8, 4) is 5.75 Å². The van der Waals surface area contributed by atoms with Crippen molar-refractivity contribution < 1.29 is 4.74 Å². The number of anilines is 2. The molecule has 1 aromatic carbocycles. The van der Waals surface area contributed by atoms with Crippen molar-refractivity contribution in [1.82, 2.24) is 9.55 Å². The first kappa shape index (κ1) is 18.3. The fourth-order valence-electron chi connectivity index (χ4n) is 2.78. The molecule has 0 fully saturated rings. The van der Waals surface area contributed by atoms with Gasteiger partial charge in [-0.05, 0) is 38.3 Å². The summed E-state index contributed by atoms with van der Waals surface area (Å²) in [6.07, 6.45) is 3.59. The van der Waals surface area contributed by atoms with Crippen LogP contribution in [0.3, 0.4) is 0 Å². The molecular formula is C18H24ClN3O2. The summed E-state index contributed by atoms with van der Waals surface area (Å²) in [5.74, 6) is 0.965. The quantitative estimate of drug-likeness (QED) is 0.826. The number of rotatable bonds is 6. The Balaban J connectivity index is 2.50. The van der Waals surface area contributed by atoms with Crippen LogP contribution in [-0.4, -0.2) is 16.7 Å². The summed E-state index contributed by atoms with van der Waals surface area (Å²) < 4.78 is 6.97. The third kappa shape index (κ3) is 3.73. The first-order valence-corrected chi connectivity index (χ1v) is 8.49. The maximum atomic E-state index is 12.8. The summed E-state index contributed by atoms with van der Waals surface area (Å²) in [6, 6.07) is 3.74. The van der Waals surface area contributed by atoms with Gasteiger partial charge < -0.3 is 14.6 Å². The second-order valence-corrected chi connectivity index (χ2v) is 6.25. The minimum Gasteiger partial charge on any atom is -0.497 e. The van der Waals surface area contributed by atoms with Crippen LogP contribution in [0.1, 0.15) is 44.0 Å². The van der Waals surface area contributed by atoms with Crippen molar-refractivity contribution in [2.24, 2.45) is 0 Å². The van der Waals surface area contributed by atoms with Crippen molar-refractivity contribution in [3.05, 3.63) is 45.0 Å². The van der Waals surface area contributed by atoms with E-state index in [0.29, 0.717) is 16.5 Å².